The molecule has 0 aliphatic carbocycles. The average molecular weight is 404 g/mol. The summed E-state index contributed by atoms with van der Waals surface area (Å²) in [4.78, 5) is 12.6. The van der Waals surface area contributed by atoms with Crippen molar-refractivity contribution < 1.29 is 13.9 Å². The topological polar surface area (TPSA) is 56.2 Å². The van der Waals surface area contributed by atoms with Gasteiger partial charge < -0.3 is 10.1 Å². The van der Waals surface area contributed by atoms with Crippen LogP contribution in [0.3, 0.4) is 0 Å². The van der Waals surface area contributed by atoms with Crippen LogP contribution in [0.4, 0.5) is 10.1 Å². The maximum atomic E-state index is 13.1. The zero-order valence-electron chi connectivity index (χ0n) is 13.4. The van der Waals surface area contributed by atoms with Crippen LogP contribution in [0.15, 0.2) is 59.2 Å². The number of aromatic nitrogens is 2. The molecular weight excluding hydrogens is 389 g/mol. The normalized spacial score (nSPS) is 10.5. The Morgan fingerprint density at radius 3 is 2.52 bits per heavy atom. The highest BCUT2D eigenvalue weighted by Crippen LogP contribution is 2.22. The van der Waals surface area contributed by atoms with E-state index in [0.717, 1.165) is 4.47 Å². The van der Waals surface area contributed by atoms with Gasteiger partial charge in [-0.3, -0.25) is 4.79 Å². The van der Waals surface area contributed by atoms with Gasteiger partial charge in [-0.25, -0.2) is 9.07 Å². The molecule has 0 saturated heterocycles. The number of halogens is 2. The summed E-state index contributed by atoms with van der Waals surface area (Å²) in [6, 6.07) is 13.0. The van der Waals surface area contributed by atoms with Gasteiger partial charge in [0.2, 0.25) is 0 Å². The molecule has 0 unspecified atom stereocenters. The van der Waals surface area contributed by atoms with Crippen LogP contribution in [0.25, 0.3) is 5.69 Å². The summed E-state index contributed by atoms with van der Waals surface area (Å²) < 4.78 is 21.0. The molecule has 0 aliphatic heterocycles. The molecule has 1 N–H and O–H groups in total. The SMILES string of the molecule is CCOc1cn(-c2ccc(F)cc2)nc1C(=O)Nc1ccc(Br)cc1. The second-order valence-electron chi connectivity index (χ2n) is 5.16. The largest absolute Gasteiger partial charge is 0.490 e. The maximum Gasteiger partial charge on any atom is 0.280 e. The van der Waals surface area contributed by atoms with E-state index in [-0.39, 0.29) is 17.4 Å². The highest BCUT2D eigenvalue weighted by molar-refractivity contribution is 9.10. The maximum absolute atomic E-state index is 13.1. The second kappa shape index (κ2) is 7.48. The zero-order valence-corrected chi connectivity index (χ0v) is 15.0. The molecule has 7 heteroatoms. The summed E-state index contributed by atoms with van der Waals surface area (Å²) >= 11 is 3.35. The van der Waals surface area contributed by atoms with Crippen molar-refractivity contribution in [2.24, 2.45) is 0 Å². The Balaban J connectivity index is 1.89. The second-order valence-corrected chi connectivity index (χ2v) is 6.07. The van der Waals surface area contributed by atoms with Crippen molar-refractivity contribution in [3.8, 4) is 11.4 Å². The summed E-state index contributed by atoms with van der Waals surface area (Å²) in [5.41, 5.74) is 1.44. The number of anilines is 1. The van der Waals surface area contributed by atoms with Crippen molar-refractivity contribution in [1.82, 2.24) is 9.78 Å². The molecule has 0 aliphatic rings. The molecule has 128 valence electrons. The molecule has 0 fully saturated rings. The number of hydrogen-bond acceptors (Lipinski definition) is 3. The van der Waals surface area contributed by atoms with Crippen molar-refractivity contribution in [3.05, 3.63) is 70.7 Å². The van der Waals surface area contributed by atoms with Crippen LogP contribution >= 0.6 is 15.9 Å². The Morgan fingerprint density at radius 1 is 1.20 bits per heavy atom. The summed E-state index contributed by atoms with van der Waals surface area (Å²) in [7, 11) is 0. The zero-order chi connectivity index (χ0) is 17.8. The molecule has 1 heterocycles. The number of benzene rings is 2. The Kier molecular flexibility index (Phi) is 5.14. The lowest BCUT2D eigenvalue weighted by Crippen LogP contribution is -2.14. The minimum Gasteiger partial charge on any atom is -0.490 e. The van der Waals surface area contributed by atoms with E-state index in [2.05, 4.69) is 26.3 Å². The molecule has 1 amide bonds. The number of carbonyl (C=O) groups is 1. The molecular formula is C18H15BrFN3O2. The minimum absolute atomic E-state index is 0.161. The van der Waals surface area contributed by atoms with E-state index in [1.165, 1.54) is 16.8 Å². The van der Waals surface area contributed by atoms with Gasteiger partial charge in [-0.05, 0) is 55.5 Å². The van der Waals surface area contributed by atoms with Gasteiger partial charge in [0.05, 0.1) is 18.5 Å². The van der Waals surface area contributed by atoms with E-state index in [0.29, 0.717) is 23.7 Å². The fourth-order valence-corrected chi connectivity index (χ4v) is 2.49. The van der Waals surface area contributed by atoms with E-state index >= 15 is 0 Å². The van der Waals surface area contributed by atoms with Crippen LogP contribution in [-0.4, -0.2) is 22.3 Å². The van der Waals surface area contributed by atoms with Crippen LogP contribution in [0.2, 0.25) is 0 Å². The van der Waals surface area contributed by atoms with Crippen LogP contribution < -0.4 is 10.1 Å². The molecule has 0 radical (unpaired) electrons. The first-order valence-electron chi connectivity index (χ1n) is 7.62. The van der Waals surface area contributed by atoms with Gasteiger partial charge in [0, 0.05) is 10.2 Å². The predicted octanol–water partition coefficient (Wildman–Crippen LogP) is 4.42. The quantitative estimate of drug-likeness (QED) is 0.685. The van der Waals surface area contributed by atoms with Crippen LogP contribution in [0.5, 0.6) is 5.75 Å². The molecule has 1 aromatic heterocycles. The smallest absolute Gasteiger partial charge is 0.280 e. The van der Waals surface area contributed by atoms with Gasteiger partial charge in [-0.1, -0.05) is 15.9 Å². The summed E-state index contributed by atoms with van der Waals surface area (Å²) in [5, 5.41) is 7.07. The number of carbonyl (C=O) groups excluding carboxylic acids is 1. The standard InChI is InChI=1S/C18H15BrFN3O2/c1-2-25-16-11-23(15-9-5-13(20)6-10-15)22-17(16)18(24)21-14-7-3-12(19)4-8-14/h3-11H,2H2,1H3,(H,21,24). The molecule has 2 aromatic carbocycles. The third-order valence-corrected chi connectivity index (χ3v) is 3.92. The van der Waals surface area contributed by atoms with Crippen molar-refractivity contribution in [2.45, 2.75) is 6.92 Å². The number of nitrogens with zero attached hydrogens (tertiary/aromatic N) is 2. The summed E-state index contributed by atoms with van der Waals surface area (Å²) in [6.45, 7) is 2.22. The Hall–Kier alpha value is -2.67. The predicted molar refractivity (Wildman–Crippen MR) is 96.8 cm³/mol. The van der Waals surface area contributed by atoms with E-state index < -0.39 is 0 Å². The van der Waals surface area contributed by atoms with E-state index in [9.17, 15) is 9.18 Å². The third-order valence-electron chi connectivity index (χ3n) is 3.39. The molecule has 3 rings (SSSR count). The first-order chi connectivity index (χ1) is 12.1. The lowest BCUT2D eigenvalue weighted by molar-refractivity contribution is 0.101. The van der Waals surface area contributed by atoms with Crippen LogP contribution in [0, 0.1) is 5.82 Å². The fraction of sp³-hybridized carbons (Fsp3) is 0.111. The Bertz CT molecular complexity index is 876. The van der Waals surface area contributed by atoms with E-state index in [1.807, 2.05) is 19.1 Å². The number of amides is 1. The highest BCUT2D eigenvalue weighted by atomic mass is 79.9. The molecule has 0 atom stereocenters. The lowest BCUT2D eigenvalue weighted by Gasteiger charge is -2.05. The molecule has 25 heavy (non-hydrogen) atoms. The molecule has 0 saturated carbocycles. The summed E-state index contributed by atoms with van der Waals surface area (Å²) in [5.74, 6) is -0.359. The van der Waals surface area contributed by atoms with Crippen molar-refractivity contribution in [3.63, 3.8) is 0 Å². The van der Waals surface area contributed by atoms with Gasteiger partial charge >= 0.3 is 0 Å². The van der Waals surface area contributed by atoms with Crippen molar-refractivity contribution in [2.75, 3.05) is 11.9 Å². The molecule has 0 spiro atoms. The van der Waals surface area contributed by atoms with Gasteiger partial charge in [-0.15, -0.1) is 0 Å². The molecule has 3 aromatic rings. The first kappa shape index (κ1) is 17.2. The number of nitrogens with one attached hydrogen (secondary N) is 1. The van der Waals surface area contributed by atoms with Gasteiger partial charge in [0.1, 0.15) is 5.82 Å². The molecule has 5 nitrogen and oxygen atoms in total. The van der Waals surface area contributed by atoms with Crippen molar-refractivity contribution >= 4 is 27.5 Å². The highest BCUT2D eigenvalue weighted by Gasteiger charge is 2.19. The monoisotopic (exact) mass is 403 g/mol. The van der Waals surface area contributed by atoms with Gasteiger partial charge in [-0.2, -0.15) is 5.10 Å². The average Bonchev–Trinajstić information content (AvgIpc) is 3.02. The minimum atomic E-state index is -0.383. The number of hydrogen-bond donors (Lipinski definition) is 1. The number of ether oxygens (including phenoxy) is 1. The van der Waals surface area contributed by atoms with Crippen molar-refractivity contribution in [1.29, 1.82) is 0 Å². The van der Waals surface area contributed by atoms with Crippen LogP contribution in [-0.2, 0) is 0 Å². The number of rotatable bonds is 5. The van der Waals surface area contributed by atoms with E-state index in [1.54, 1.807) is 30.5 Å². The lowest BCUT2D eigenvalue weighted by atomic mass is 10.3. The molecule has 0 bridgehead atoms. The fourth-order valence-electron chi connectivity index (χ4n) is 2.23. The Labute approximate surface area is 152 Å². The van der Waals surface area contributed by atoms with Gasteiger partial charge in [0.25, 0.3) is 5.91 Å². The first-order valence-corrected chi connectivity index (χ1v) is 8.41. The summed E-state index contributed by atoms with van der Waals surface area (Å²) in [6.07, 6.45) is 1.60. The third kappa shape index (κ3) is 4.06. The van der Waals surface area contributed by atoms with Gasteiger partial charge in [0.15, 0.2) is 11.4 Å². The van der Waals surface area contributed by atoms with E-state index in [4.69, 9.17) is 4.74 Å². The Morgan fingerprint density at radius 2 is 1.88 bits per heavy atom. The van der Waals surface area contributed by atoms with Crippen LogP contribution in [0.1, 0.15) is 17.4 Å².